The lowest BCUT2D eigenvalue weighted by atomic mass is 10.1. The molecule has 1 rings (SSSR count). The van der Waals surface area contributed by atoms with E-state index in [0.717, 1.165) is 25.0 Å². The van der Waals surface area contributed by atoms with E-state index in [1.807, 2.05) is 12.1 Å². The highest BCUT2D eigenvalue weighted by atomic mass is 16.5. The summed E-state index contributed by atoms with van der Waals surface area (Å²) in [5.41, 5.74) is 0. The van der Waals surface area contributed by atoms with E-state index in [1.165, 1.54) is 0 Å². The zero-order valence-corrected chi connectivity index (χ0v) is 11.4. The molecule has 4 heteroatoms. The van der Waals surface area contributed by atoms with Gasteiger partial charge in [0.2, 0.25) is 0 Å². The normalized spacial score (nSPS) is 14.6. The Morgan fingerprint density at radius 3 is 2.89 bits per heavy atom. The number of hydrogen-bond donors (Lipinski definition) is 2. The molecule has 0 aliphatic rings. The van der Waals surface area contributed by atoms with Crippen molar-refractivity contribution >= 4 is 0 Å². The van der Waals surface area contributed by atoms with Crippen LogP contribution in [-0.2, 0) is 11.3 Å². The predicted octanol–water partition coefficient (Wildman–Crippen LogP) is 2.33. The highest BCUT2D eigenvalue weighted by Gasteiger charge is 2.09. The summed E-state index contributed by atoms with van der Waals surface area (Å²) >= 11 is 0. The van der Waals surface area contributed by atoms with Crippen LogP contribution < -0.4 is 5.32 Å². The predicted molar refractivity (Wildman–Crippen MR) is 71.4 cm³/mol. The molecule has 0 aliphatic heterocycles. The third kappa shape index (κ3) is 6.19. The summed E-state index contributed by atoms with van der Waals surface area (Å²) in [6.45, 7) is 5.66. The van der Waals surface area contributed by atoms with Crippen molar-refractivity contribution in [3.8, 4) is 0 Å². The van der Waals surface area contributed by atoms with E-state index in [0.29, 0.717) is 25.8 Å². The Labute approximate surface area is 109 Å². The molecule has 2 atom stereocenters. The van der Waals surface area contributed by atoms with E-state index >= 15 is 0 Å². The van der Waals surface area contributed by atoms with Crippen LogP contribution in [-0.4, -0.2) is 30.4 Å². The van der Waals surface area contributed by atoms with Gasteiger partial charge in [0, 0.05) is 12.6 Å². The van der Waals surface area contributed by atoms with Gasteiger partial charge in [0.25, 0.3) is 0 Å². The summed E-state index contributed by atoms with van der Waals surface area (Å²) in [4.78, 5) is 0. The summed E-state index contributed by atoms with van der Waals surface area (Å²) < 4.78 is 10.5. The van der Waals surface area contributed by atoms with Crippen molar-refractivity contribution < 1.29 is 14.3 Å². The van der Waals surface area contributed by atoms with Gasteiger partial charge >= 0.3 is 0 Å². The lowest BCUT2D eigenvalue weighted by molar-refractivity contribution is 0.0213. The molecule has 1 heterocycles. The zero-order chi connectivity index (χ0) is 13.2. The molecule has 0 aliphatic carbocycles. The van der Waals surface area contributed by atoms with Gasteiger partial charge in [-0.25, -0.2) is 0 Å². The lowest BCUT2D eigenvalue weighted by Crippen LogP contribution is -2.37. The van der Waals surface area contributed by atoms with E-state index in [9.17, 15) is 5.11 Å². The van der Waals surface area contributed by atoms with Crippen molar-refractivity contribution in [2.45, 2.75) is 51.9 Å². The second-order valence-corrected chi connectivity index (χ2v) is 4.55. The Morgan fingerprint density at radius 2 is 2.28 bits per heavy atom. The first-order chi connectivity index (χ1) is 8.76. The van der Waals surface area contributed by atoms with Crippen LogP contribution in [0.2, 0.25) is 0 Å². The molecule has 2 unspecified atom stereocenters. The zero-order valence-electron chi connectivity index (χ0n) is 11.4. The molecule has 1 aromatic heterocycles. The Balaban J connectivity index is 2.07. The Morgan fingerprint density at radius 1 is 1.44 bits per heavy atom. The molecule has 0 spiro atoms. The first-order valence-corrected chi connectivity index (χ1v) is 6.77. The number of aliphatic hydroxyl groups is 1. The summed E-state index contributed by atoms with van der Waals surface area (Å²) in [7, 11) is 0. The maximum atomic E-state index is 9.77. The molecule has 0 bridgehead atoms. The first-order valence-electron chi connectivity index (χ1n) is 6.77. The molecule has 0 fully saturated rings. The van der Waals surface area contributed by atoms with Crippen LogP contribution in [0.15, 0.2) is 22.8 Å². The highest BCUT2D eigenvalue weighted by Crippen LogP contribution is 2.03. The van der Waals surface area contributed by atoms with Gasteiger partial charge in [-0.3, -0.25) is 0 Å². The molecule has 0 radical (unpaired) electrons. The average molecular weight is 255 g/mol. The monoisotopic (exact) mass is 255 g/mol. The minimum absolute atomic E-state index is 0.330. The fraction of sp³-hybridized carbons (Fsp3) is 0.714. The van der Waals surface area contributed by atoms with Crippen LogP contribution in [0, 0.1) is 0 Å². The van der Waals surface area contributed by atoms with Gasteiger partial charge in [0.05, 0.1) is 19.0 Å². The van der Waals surface area contributed by atoms with Crippen molar-refractivity contribution in [3.63, 3.8) is 0 Å². The number of ether oxygens (including phenoxy) is 1. The third-order valence-corrected chi connectivity index (χ3v) is 2.91. The molecule has 0 saturated heterocycles. The summed E-state index contributed by atoms with van der Waals surface area (Å²) in [5.74, 6) is 0.785. The van der Waals surface area contributed by atoms with E-state index in [-0.39, 0.29) is 0 Å². The number of nitrogens with one attached hydrogen (secondary N) is 1. The van der Waals surface area contributed by atoms with Gasteiger partial charge in [0.1, 0.15) is 12.4 Å². The van der Waals surface area contributed by atoms with Gasteiger partial charge in [-0.15, -0.1) is 0 Å². The third-order valence-electron chi connectivity index (χ3n) is 2.91. The minimum Gasteiger partial charge on any atom is -0.467 e. The van der Waals surface area contributed by atoms with Crippen LogP contribution in [0.5, 0.6) is 0 Å². The molecule has 2 N–H and O–H groups in total. The average Bonchev–Trinajstić information content (AvgIpc) is 2.87. The summed E-state index contributed by atoms with van der Waals surface area (Å²) in [6.07, 6.45) is 4.56. The Bertz CT molecular complexity index is 287. The quantitative estimate of drug-likeness (QED) is 0.673. The standard InChI is InChI=1S/C14H25NO3/c1-3-6-12(4-2)15-9-13(16)10-17-11-14-7-5-8-18-14/h5,7-8,12-13,15-16H,3-4,6,9-11H2,1-2H3. The molecule has 18 heavy (non-hydrogen) atoms. The van der Waals surface area contributed by atoms with Crippen molar-refractivity contribution in [1.82, 2.24) is 5.32 Å². The van der Waals surface area contributed by atoms with E-state index < -0.39 is 6.10 Å². The van der Waals surface area contributed by atoms with E-state index in [1.54, 1.807) is 6.26 Å². The smallest absolute Gasteiger partial charge is 0.129 e. The van der Waals surface area contributed by atoms with Crippen molar-refractivity contribution in [3.05, 3.63) is 24.2 Å². The maximum Gasteiger partial charge on any atom is 0.129 e. The van der Waals surface area contributed by atoms with Gasteiger partial charge < -0.3 is 19.6 Å². The molecule has 1 aromatic rings. The highest BCUT2D eigenvalue weighted by molar-refractivity contribution is 4.96. The number of furan rings is 1. The minimum atomic E-state index is -0.467. The second kappa shape index (κ2) is 9.14. The van der Waals surface area contributed by atoms with Crippen molar-refractivity contribution in [2.24, 2.45) is 0 Å². The number of aliphatic hydroxyl groups excluding tert-OH is 1. The van der Waals surface area contributed by atoms with Gasteiger partial charge in [-0.05, 0) is 25.0 Å². The SMILES string of the molecule is CCCC(CC)NCC(O)COCc1ccco1. The van der Waals surface area contributed by atoms with Crippen LogP contribution in [0.25, 0.3) is 0 Å². The molecular weight excluding hydrogens is 230 g/mol. The molecule has 4 nitrogen and oxygen atoms in total. The Kier molecular flexibility index (Phi) is 7.73. The van der Waals surface area contributed by atoms with Crippen molar-refractivity contribution in [1.29, 1.82) is 0 Å². The van der Waals surface area contributed by atoms with Crippen LogP contribution in [0.1, 0.15) is 38.9 Å². The van der Waals surface area contributed by atoms with Crippen LogP contribution in [0.4, 0.5) is 0 Å². The molecular formula is C14H25NO3. The number of rotatable bonds is 10. The van der Waals surface area contributed by atoms with Gasteiger partial charge in [-0.2, -0.15) is 0 Å². The van der Waals surface area contributed by atoms with E-state index in [4.69, 9.17) is 9.15 Å². The van der Waals surface area contributed by atoms with Crippen LogP contribution >= 0.6 is 0 Å². The Hall–Kier alpha value is -0.840. The summed E-state index contributed by atoms with van der Waals surface area (Å²) in [5, 5.41) is 13.1. The van der Waals surface area contributed by atoms with E-state index in [2.05, 4.69) is 19.2 Å². The van der Waals surface area contributed by atoms with Gasteiger partial charge in [-0.1, -0.05) is 20.3 Å². The van der Waals surface area contributed by atoms with Crippen molar-refractivity contribution in [2.75, 3.05) is 13.2 Å². The summed E-state index contributed by atoms with van der Waals surface area (Å²) in [6, 6.07) is 4.18. The maximum absolute atomic E-state index is 9.77. The molecule has 0 saturated carbocycles. The second-order valence-electron chi connectivity index (χ2n) is 4.55. The first kappa shape index (κ1) is 15.2. The largest absolute Gasteiger partial charge is 0.467 e. The van der Waals surface area contributed by atoms with Crippen LogP contribution in [0.3, 0.4) is 0 Å². The fourth-order valence-corrected chi connectivity index (χ4v) is 1.85. The number of hydrogen-bond acceptors (Lipinski definition) is 4. The molecule has 0 aromatic carbocycles. The fourth-order valence-electron chi connectivity index (χ4n) is 1.85. The lowest BCUT2D eigenvalue weighted by Gasteiger charge is -2.18. The molecule has 0 amide bonds. The van der Waals surface area contributed by atoms with Gasteiger partial charge in [0.15, 0.2) is 0 Å². The topological polar surface area (TPSA) is 54.6 Å². The molecule has 104 valence electrons.